The molecule has 0 aliphatic carbocycles. The molecule has 0 unspecified atom stereocenters. The lowest BCUT2D eigenvalue weighted by Gasteiger charge is -1.98. The molecule has 0 bridgehead atoms. The van der Waals surface area contributed by atoms with E-state index in [0.717, 1.165) is 12.3 Å². The summed E-state index contributed by atoms with van der Waals surface area (Å²) in [6.07, 6.45) is -6.29. The normalized spacial score (nSPS) is 12.8. The van der Waals surface area contributed by atoms with Gasteiger partial charge < -0.3 is 0 Å². The molecule has 7 nitrogen and oxygen atoms in total. The fourth-order valence-electron chi connectivity index (χ4n) is 1.38. The van der Waals surface area contributed by atoms with Crippen LogP contribution in [0.3, 0.4) is 0 Å². The molecule has 2 aromatic heterocycles. The Hall–Kier alpha value is -2.99. The number of hydrogen-bond donors (Lipinski definition) is 2. The maximum absolute atomic E-state index is 12.5. The van der Waals surface area contributed by atoms with Crippen molar-refractivity contribution in [3.8, 4) is 0 Å². The van der Waals surface area contributed by atoms with Gasteiger partial charge >= 0.3 is 12.4 Å². The van der Waals surface area contributed by atoms with E-state index in [-0.39, 0.29) is 5.70 Å². The fourth-order valence-corrected chi connectivity index (χ4v) is 1.38. The van der Waals surface area contributed by atoms with E-state index in [2.05, 4.69) is 31.7 Å². The van der Waals surface area contributed by atoms with Gasteiger partial charge in [0.1, 0.15) is 5.70 Å². The highest BCUT2D eigenvalue weighted by molar-refractivity contribution is 5.81. The molecule has 0 amide bonds. The van der Waals surface area contributed by atoms with E-state index in [9.17, 15) is 26.3 Å². The number of aromatic nitrogens is 6. The lowest BCUT2D eigenvalue weighted by molar-refractivity contribution is -0.145. The molecule has 0 radical (unpaired) electrons. The van der Waals surface area contributed by atoms with E-state index < -0.39 is 35.7 Å². The number of nitrogens with zero attached hydrogens (tertiary/aromatic N) is 5. The summed E-state index contributed by atoms with van der Waals surface area (Å²) in [5.41, 5.74) is -0.185. The van der Waals surface area contributed by atoms with Crippen LogP contribution in [0.5, 0.6) is 0 Å². The number of alkyl halides is 6. The second-order valence-corrected chi connectivity index (χ2v) is 4.09. The second kappa shape index (κ2) is 8.40. The van der Waals surface area contributed by atoms with Crippen molar-refractivity contribution in [3.63, 3.8) is 0 Å². The van der Waals surface area contributed by atoms with Crippen LogP contribution in [0.15, 0.2) is 23.7 Å². The van der Waals surface area contributed by atoms with Crippen molar-refractivity contribution < 1.29 is 26.3 Å². The number of rotatable bonds is 4. The molecule has 0 aromatic carbocycles. The predicted molar refractivity (Wildman–Crippen MR) is 79.9 cm³/mol. The third-order valence-corrected chi connectivity index (χ3v) is 2.35. The first-order valence-corrected chi connectivity index (χ1v) is 6.97. The molecule has 0 aliphatic rings. The van der Waals surface area contributed by atoms with Crippen molar-refractivity contribution >= 4 is 11.9 Å². The largest absolute Gasteiger partial charge is 0.451 e. The smallest absolute Gasteiger partial charge is 0.255 e. The highest BCUT2D eigenvalue weighted by atomic mass is 19.4. The van der Waals surface area contributed by atoms with Gasteiger partial charge in [0.15, 0.2) is 11.6 Å². The maximum atomic E-state index is 12.5. The van der Waals surface area contributed by atoms with E-state index in [1.54, 1.807) is 10.2 Å². The number of nitrogens with one attached hydrogen (secondary N) is 2. The molecule has 2 N–H and O–H groups in total. The van der Waals surface area contributed by atoms with Gasteiger partial charge in [-0.2, -0.15) is 36.5 Å². The average Bonchev–Trinajstić information content (AvgIpc) is 3.21. The summed E-state index contributed by atoms with van der Waals surface area (Å²) in [4.78, 5) is 10.0. The maximum Gasteiger partial charge on any atom is 0.451 e. The summed E-state index contributed by atoms with van der Waals surface area (Å²) in [7, 11) is 0. The van der Waals surface area contributed by atoms with Gasteiger partial charge in [-0.3, -0.25) is 10.2 Å². The number of H-pyrrole nitrogens is 2. The summed E-state index contributed by atoms with van der Waals surface area (Å²) in [5.74, 6) is -3.54. The Morgan fingerprint density at radius 2 is 1.50 bits per heavy atom. The zero-order valence-electron chi connectivity index (χ0n) is 13.4. The van der Waals surface area contributed by atoms with Crippen molar-refractivity contribution in [1.82, 2.24) is 30.4 Å². The molecule has 13 heteroatoms. The molecule has 0 spiro atoms. The van der Waals surface area contributed by atoms with Gasteiger partial charge in [0.2, 0.25) is 11.6 Å². The molecule has 0 saturated carbocycles. The van der Waals surface area contributed by atoms with Gasteiger partial charge in [0, 0.05) is 0 Å². The number of allylic oxidation sites excluding steroid dienone is 2. The van der Waals surface area contributed by atoms with E-state index in [1.807, 2.05) is 13.8 Å². The molecule has 142 valence electrons. The summed E-state index contributed by atoms with van der Waals surface area (Å²) in [6, 6.07) is 0. The summed E-state index contributed by atoms with van der Waals surface area (Å²) in [5, 5.41) is 9.96. The fraction of sp³-hybridized carbons (Fsp3) is 0.308. The Morgan fingerprint density at radius 3 is 1.96 bits per heavy atom. The van der Waals surface area contributed by atoms with Gasteiger partial charge in [0.25, 0.3) is 0 Å². The topological polar surface area (TPSA) is 95.5 Å². The third kappa shape index (κ3) is 5.53. The van der Waals surface area contributed by atoms with Crippen LogP contribution in [-0.2, 0) is 12.4 Å². The van der Waals surface area contributed by atoms with Crippen LogP contribution in [0.1, 0.15) is 37.1 Å². The number of aliphatic imine (C=N–C) groups is 1. The highest BCUT2D eigenvalue weighted by Crippen LogP contribution is 2.27. The molecular formula is C13H13F6N7. The Balaban J connectivity index is 0.00000163. The lowest BCUT2D eigenvalue weighted by atomic mass is 10.3. The minimum atomic E-state index is -4.74. The second-order valence-electron chi connectivity index (χ2n) is 4.09. The van der Waals surface area contributed by atoms with Gasteiger partial charge in [-0.25, -0.2) is 15.0 Å². The predicted octanol–water partition coefficient (Wildman–Crippen LogP) is 3.63. The van der Waals surface area contributed by atoms with Crippen LogP contribution < -0.4 is 0 Å². The van der Waals surface area contributed by atoms with Gasteiger partial charge in [-0.1, -0.05) is 26.5 Å². The first-order valence-electron chi connectivity index (χ1n) is 6.97. The van der Waals surface area contributed by atoms with E-state index in [0.29, 0.717) is 0 Å². The van der Waals surface area contributed by atoms with Crippen molar-refractivity contribution in [3.05, 3.63) is 42.0 Å². The number of aromatic amines is 2. The van der Waals surface area contributed by atoms with Crippen LogP contribution in [0.2, 0.25) is 0 Å². The van der Waals surface area contributed by atoms with Gasteiger partial charge in [-0.05, 0) is 6.08 Å². The highest BCUT2D eigenvalue weighted by Gasteiger charge is 2.36. The molecule has 0 fully saturated rings. The molecule has 0 atom stereocenters. The summed E-state index contributed by atoms with van der Waals surface area (Å²) in [6.45, 7) is 7.35. The molecule has 2 aromatic rings. The van der Waals surface area contributed by atoms with Crippen molar-refractivity contribution in [1.29, 1.82) is 0 Å². The SMILES string of the molecule is C=C/C=C(\N=Cc1n[nH]c(C(F)(F)F)n1)c1n[nH]c(C(F)(F)F)n1.CC. The van der Waals surface area contributed by atoms with E-state index in [1.165, 1.54) is 6.08 Å². The standard InChI is InChI=1S/C11H7F6N7.C2H6/c1-2-3-5(7-20-9(24-22-7)11(15,16)17)18-4-6-19-8(23-21-6)10(12,13)14;1-2/h2-4H,1H2,(H,19,21,23)(H,20,22,24);1-2H3/b5-3-,18-4?;. The first-order chi connectivity index (χ1) is 12.1. The van der Waals surface area contributed by atoms with Crippen LogP contribution >= 0.6 is 0 Å². The van der Waals surface area contributed by atoms with Crippen LogP contribution in [0.25, 0.3) is 5.70 Å². The zero-order valence-corrected chi connectivity index (χ0v) is 13.4. The summed E-state index contributed by atoms with van der Waals surface area (Å²) < 4.78 is 74.5. The molecule has 2 heterocycles. The number of hydrogen-bond acceptors (Lipinski definition) is 5. The van der Waals surface area contributed by atoms with E-state index in [4.69, 9.17) is 0 Å². The minimum Gasteiger partial charge on any atom is -0.255 e. The van der Waals surface area contributed by atoms with Crippen LogP contribution in [0, 0.1) is 0 Å². The molecule has 0 aliphatic heterocycles. The third-order valence-electron chi connectivity index (χ3n) is 2.35. The Bertz CT molecular complexity index is 781. The van der Waals surface area contributed by atoms with Gasteiger partial charge in [-0.15, -0.1) is 0 Å². The molecule has 2 rings (SSSR count). The Kier molecular flexibility index (Phi) is 6.80. The van der Waals surface area contributed by atoms with Crippen molar-refractivity contribution in [2.24, 2.45) is 4.99 Å². The van der Waals surface area contributed by atoms with Crippen molar-refractivity contribution in [2.75, 3.05) is 0 Å². The monoisotopic (exact) mass is 381 g/mol. The average molecular weight is 381 g/mol. The van der Waals surface area contributed by atoms with Crippen molar-refractivity contribution in [2.45, 2.75) is 26.2 Å². The summed E-state index contributed by atoms with van der Waals surface area (Å²) >= 11 is 0. The lowest BCUT2D eigenvalue weighted by Crippen LogP contribution is -2.07. The quantitative estimate of drug-likeness (QED) is 0.480. The Morgan fingerprint density at radius 1 is 0.962 bits per heavy atom. The van der Waals surface area contributed by atoms with E-state index >= 15 is 0 Å². The number of halogens is 6. The van der Waals surface area contributed by atoms with Crippen LogP contribution in [0.4, 0.5) is 26.3 Å². The van der Waals surface area contributed by atoms with Crippen LogP contribution in [-0.4, -0.2) is 36.6 Å². The Labute approximate surface area is 143 Å². The minimum absolute atomic E-state index is 0.185. The molecular weight excluding hydrogens is 368 g/mol. The zero-order chi connectivity index (χ0) is 20.0. The molecule has 26 heavy (non-hydrogen) atoms. The first kappa shape index (κ1) is 21.1. The molecule has 0 saturated heterocycles. The van der Waals surface area contributed by atoms with Gasteiger partial charge in [0.05, 0.1) is 6.21 Å².